The lowest BCUT2D eigenvalue weighted by Gasteiger charge is -2.10. The Morgan fingerprint density at radius 3 is 2.24 bits per heavy atom. The van der Waals surface area contributed by atoms with Crippen LogP contribution in [0.15, 0.2) is 60.7 Å². The predicted molar refractivity (Wildman–Crippen MR) is 81.5 cm³/mol. The molecule has 0 aliphatic rings. The summed E-state index contributed by atoms with van der Waals surface area (Å²) in [6.07, 6.45) is 0. The molecule has 2 aromatic carbocycles. The van der Waals surface area contributed by atoms with E-state index in [1.54, 1.807) is 19.1 Å². The zero-order valence-corrected chi connectivity index (χ0v) is 11.5. The van der Waals surface area contributed by atoms with Gasteiger partial charge in [-0.05, 0) is 30.7 Å². The third-order valence-corrected chi connectivity index (χ3v) is 3.39. The van der Waals surface area contributed by atoms with Gasteiger partial charge < -0.3 is 5.11 Å². The van der Waals surface area contributed by atoms with Gasteiger partial charge in [0.1, 0.15) is 11.6 Å². The van der Waals surface area contributed by atoms with Crippen molar-refractivity contribution in [3.05, 3.63) is 72.2 Å². The van der Waals surface area contributed by atoms with Crippen molar-refractivity contribution < 1.29 is 9.50 Å². The highest BCUT2D eigenvalue weighted by Gasteiger charge is 2.11. The summed E-state index contributed by atoms with van der Waals surface area (Å²) in [4.78, 5) is 4.42. The molecule has 2 nitrogen and oxygen atoms in total. The minimum atomic E-state index is -0.299. The number of pyridine rings is 1. The van der Waals surface area contributed by atoms with Crippen LogP contribution in [0.3, 0.4) is 0 Å². The second-order valence-corrected chi connectivity index (χ2v) is 4.86. The molecule has 0 saturated carbocycles. The molecular weight excluding hydrogens is 265 g/mol. The number of nitrogens with zero attached hydrogens (tertiary/aromatic N) is 1. The second kappa shape index (κ2) is 5.37. The van der Waals surface area contributed by atoms with Gasteiger partial charge in [0.25, 0.3) is 0 Å². The van der Waals surface area contributed by atoms with E-state index in [0.717, 1.165) is 16.8 Å². The van der Waals surface area contributed by atoms with Crippen molar-refractivity contribution in [1.29, 1.82) is 0 Å². The number of benzene rings is 2. The smallest absolute Gasteiger partial charge is 0.144 e. The van der Waals surface area contributed by atoms with Crippen LogP contribution in [0.5, 0.6) is 5.75 Å². The Morgan fingerprint density at radius 2 is 1.57 bits per heavy atom. The third-order valence-electron chi connectivity index (χ3n) is 3.39. The molecule has 3 heteroatoms. The highest BCUT2D eigenvalue weighted by atomic mass is 19.1. The van der Waals surface area contributed by atoms with Gasteiger partial charge in [-0.3, -0.25) is 0 Å². The zero-order valence-electron chi connectivity index (χ0n) is 11.5. The summed E-state index contributed by atoms with van der Waals surface area (Å²) in [6.45, 7) is 1.76. The Hall–Kier alpha value is -2.68. The first-order valence-corrected chi connectivity index (χ1v) is 6.67. The first-order chi connectivity index (χ1) is 10.1. The Balaban J connectivity index is 2.17. The third kappa shape index (κ3) is 2.63. The number of aromatic nitrogens is 1. The van der Waals surface area contributed by atoms with Crippen LogP contribution in [-0.4, -0.2) is 10.1 Å². The lowest BCUT2D eigenvalue weighted by Crippen LogP contribution is -1.91. The van der Waals surface area contributed by atoms with Crippen molar-refractivity contribution in [3.63, 3.8) is 0 Å². The molecule has 0 radical (unpaired) electrons. The van der Waals surface area contributed by atoms with E-state index in [1.807, 2.05) is 36.4 Å². The molecular formula is C18H14FNO. The predicted octanol–water partition coefficient (Wildman–Crippen LogP) is 4.57. The van der Waals surface area contributed by atoms with E-state index in [0.29, 0.717) is 11.3 Å². The molecule has 0 bridgehead atoms. The first kappa shape index (κ1) is 13.3. The summed E-state index contributed by atoms with van der Waals surface area (Å²) in [5.41, 5.74) is 3.72. The number of halogens is 1. The average molecular weight is 279 g/mol. The SMILES string of the molecule is Cc1nc(-c2ccccc2)cc(-c2ccc(F)cc2)c1O. The van der Waals surface area contributed by atoms with Gasteiger partial charge in [0.15, 0.2) is 0 Å². The summed E-state index contributed by atoms with van der Waals surface area (Å²) < 4.78 is 13.1. The molecule has 0 spiro atoms. The molecule has 0 aliphatic heterocycles. The van der Waals surface area contributed by atoms with Crippen LogP contribution in [0.4, 0.5) is 4.39 Å². The van der Waals surface area contributed by atoms with Gasteiger partial charge in [-0.25, -0.2) is 9.37 Å². The monoisotopic (exact) mass is 279 g/mol. The highest BCUT2D eigenvalue weighted by molar-refractivity contribution is 5.76. The quantitative estimate of drug-likeness (QED) is 0.745. The molecule has 0 saturated heterocycles. The fourth-order valence-corrected chi connectivity index (χ4v) is 2.27. The van der Waals surface area contributed by atoms with Gasteiger partial charge in [0.05, 0.1) is 11.4 Å². The molecule has 0 atom stereocenters. The summed E-state index contributed by atoms with van der Waals surface area (Å²) in [7, 11) is 0. The lowest BCUT2D eigenvalue weighted by atomic mass is 10.0. The molecule has 0 amide bonds. The maximum absolute atomic E-state index is 13.1. The molecule has 21 heavy (non-hydrogen) atoms. The van der Waals surface area contributed by atoms with Crippen LogP contribution in [-0.2, 0) is 0 Å². The number of hydrogen-bond donors (Lipinski definition) is 1. The molecule has 0 fully saturated rings. The summed E-state index contributed by atoms with van der Waals surface area (Å²) in [6, 6.07) is 17.6. The van der Waals surface area contributed by atoms with Crippen LogP contribution < -0.4 is 0 Å². The van der Waals surface area contributed by atoms with E-state index in [-0.39, 0.29) is 11.6 Å². The lowest BCUT2D eigenvalue weighted by molar-refractivity contribution is 0.470. The van der Waals surface area contributed by atoms with Crippen LogP contribution in [0.25, 0.3) is 22.4 Å². The van der Waals surface area contributed by atoms with Crippen LogP contribution in [0.2, 0.25) is 0 Å². The standard InChI is InChI=1S/C18H14FNO/c1-12-18(21)16(13-7-9-15(19)10-8-13)11-17(20-12)14-5-3-2-4-6-14/h2-11,21H,1H3. The van der Waals surface area contributed by atoms with Gasteiger partial charge >= 0.3 is 0 Å². The van der Waals surface area contributed by atoms with E-state index < -0.39 is 0 Å². The van der Waals surface area contributed by atoms with Crippen LogP contribution in [0.1, 0.15) is 5.69 Å². The summed E-state index contributed by atoms with van der Waals surface area (Å²) in [5, 5.41) is 10.2. The normalized spacial score (nSPS) is 10.6. The molecule has 1 heterocycles. The molecule has 0 aliphatic carbocycles. The minimum absolute atomic E-state index is 0.126. The van der Waals surface area contributed by atoms with E-state index in [4.69, 9.17) is 0 Å². The second-order valence-electron chi connectivity index (χ2n) is 4.86. The van der Waals surface area contributed by atoms with E-state index in [9.17, 15) is 9.50 Å². The first-order valence-electron chi connectivity index (χ1n) is 6.67. The largest absolute Gasteiger partial charge is 0.505 e. The Kier molecular flexibility index (Phi) is 3.40. The zero-order chi connectivity index (χ0) is 14.8. The highest BCUT2D eigenvalue weighted by Crippen LogP contribution is 2.34. The topological polar surface area (TPSA) is 33.1 Å². The number of rotatable bonds is 2. The van der Waals surface area contributed by atoms with Gasteiger partial charge in [-0.1, -0.05) is 42.5 Å². The van der Waals surface area contributed by atoms with Crippen molar-refractivity contribution >= 4 is 0 Å². The van der Waals surface area contributed by atoms with Crippen molar-refractivity contribution in [2.24, 2.45) is 0 Å². The van der Waals surface area contributed by atoms with E-state index in [1.165, 1.54) is 12.1 Å². The molecule has 1 N–H and O–H groups in total. The van der Waals surface area contributed by atoms with E-state index >= 15 is 0 Å². The van der Waals surface area contributed by atoms with Crippen molar-refractivity contribution in [1.82, 2.24) is 4.98 Å². The molecule has 104 valence electrons. The molecule has 3 aromatic rings. The Bertz CT molecular complexity index is 767. The fourth-order valence-electron chi connectivity index (χ4n) is 2.27. The minimum Gasteiger partial charge on any atom is -0.505 e. The van der Waals surface area contributed by atoms with Crippen LogP contribution in [0, 0.1) is 12.7 Å². The van der Waals surface area contributed by atoms with Gasteiger partial charge in [-0.15, -0.1) is 0 Å². The van der Waals surface area contributed by atoms with Crippen molar-refractivity contribution in [2.75, 3.05) is 0 Å². The maximum Gasteiger partial charge on any atom is 0.144 e. The molecule has 1 aromatic heterocycles. The van der Waals surface area contributed by atoms with Gasteiger partial charge in [0, 0.05) is 11.1 Å². The Labute approximate surface area is 122 Å². The van der Waals surface area contributed by atoms with Gasteiger partial charge in [-0.2, -0.15) is 0 Å². The fraction of sp³-hybridized carbons (Fsp3) is 0.0556. The van der Waals surface area contributed by atoms with Crippen molar-refractivity contribution in [2.45, 2.75) is 6.92 Å². The summed E-state index contributed by atoms with van der Waals surface area (Å²) >= 11 is 0. The summed E-state index contributed by atoms with van der Waals surface area (Å²) in [5.74, 6) is -0.173. The van der Waals surface area contributed by atoms with Crippen LogP contribution >= 0.6 is 0 Å². The average Bonchev–Trinajstić information content (AvgIpc) is 2.52. The molecule has 0 unspecified atom stereocenters. The Morgan fingerprint density at radius 1 is 0.905 bits per heavy atom. The molecule has 3 rings (SSSR count). The number of hydrogen-bond acceptors (Lipinski definition) is 2. The number of aryl methyl sites for hydroxylation is 1. The maximum atomic E-state index is 13.1. The van der Waals surface area contributed by atoms with E-state index in [2.05, 4.69) is 4.98 Å². The number of aromatic hydroxyl groups is 1. The van der Waals surface area contributed by atoms with Crippen molar-refractivity contribution in [3.8, 4) is 28.1 Å². The van der Waals surface area contributed by atoms with Gasteiger partial charge in [0.2, 0.25) is 0 Å².